The molecule has 1 aliphatic rings. The number of carbonyl (C=O) groups is 1. The molecule has 1 saturated heterocycles. The molecule has 3 heteroatoms. The van der Waals surface area contributed by atoms with E-state index in [1.54, 1.807) is 0 Å². The highest BCUT2D eigenvalue weighted by molar-refractivity contribution is 5.76. The van der Waals surface area contributed by atoms with Gasteiger partial charge in [-0.25, -0.2) is 0 Å². The Labute approximate surface area is 120 Å². The summed E-state index contributed by atoms with van der Waals surface area (Å²) < 4.78 is 0. The lowest BCUT2D eigenvalue weighted by Crippen LogP contribution is -2.29. The van der Waals surface area contributed by atoms with E-state index in [1.165, 1.54) is 0 Å². The Hall–Kier alpha value is -1.79. The predicted octanol–water partition coefficient (Wildman–Crippen LogP) is 2.18. The molecular formula is C17H21NO2. The normalized spacial score (nSPS) is 19.2. The van der Waals surface area contributed by atoms with Gasteiger partial charge in [0.1, 0.15) is 6.61 Å². The number of hydrogen-bond acceptors (Lipinski definition) is 2. The standard InChI is InChI=1S/C17H21NO2/c1-14-7-8-17(20)18(10-9-14)13-16-5-2-4-15(12-16)6-3-11-19/h2,4-5,12,14,19H,7-11,13H2,1H3. The second-order valence-electron chi connectivity index (χ2n) is 5.41. The average molecular weight is 271 g/mol. The molecule has 1 unspecified atom stereocenters. The Balaban J connectivity index is 2.06. The maximum absolute atomic E-state index is 12.1. The van der Waals surface area contributed by atoms with Crippen molar-refractivity contribution in [1.82, 2.24) is 4.90 Å². The van der Waals surface area contributed by atoms with Crippen LogP contribution in [-0.2, 0) is 11.3 Å². The molecular weight excluding hydrogens is 250 g/mol. The molecule has 1 aliphatic heterocycles. The summed E-state index contributed by atoms with van der Waals surface area (Å²) in [5.74, 6) is 6.43. The van der Waals surface area contributed by atoms with Gasteiger partial charge in [0.2, 0.25) is 5.91 Å². The molecule has 0 aromatic heterocycles. The summed E-state index contributed by atoms with van der Waals surface area (Å²) >= 11 is 0. The number of carbonyl (C=O) groups excluding carboxylic acids is 1. The predicted molar refractivity (Wildman–Crippen MR) is 78.8 cm³/mol. The van der Waals surface area contributed by atoms with Crippen LogP contribution < -0.4 is 0 Å². The summed E-state index contributed by atoms with van der Waals surface area (Å²) in [6.45, 7) is 3.57. The minimum atomic E-state index is -0.132. The van der Waals surface area contributed by atoms with Gasteiger partial charge in [-0.1, -0.05) is 30.9 Å². The van der Waals surface area contributed by atoms with Gasteiger partial charge in [-0.15, -0.1) is 0 Å². The van der Waals surface area contributed by atoms with Crippen LogP contribution in [0.5, 0.6) is 0 Å². The molecule has 1 amide bonds. The number of hydrogen-bond donors (Lipinski definition) is 1. The highest BCUT2D eigenvalue weighted by atomic mass is 16.2. The van der Waals surface area contributed by atoms with Crippen molar-refractivity contribution in [1.29, 1.82) is 0 Å². The third-order valence-corrected chi connectivity index (χ3v) is 3.71. The Morgan fingerprint density at radius 1 is 1.40 bits per heavy atom. The third-order valence-electron chi connectivity index (χ3n) is 3.71. The molecule has 1 aromatic carbocycles. The van der Waals surface area contributed by atoms with Gasteiger partial charge in [0.05, 0.1) is 0 Å². The zero-order valence-corrected chi connectivity index (χ0v) is 11.9. The summed E-state index contributed by atoms with van der Waals surface area (Å²) in [6, 6.07) is 7.87. The van der Waals surface area contributed by atoms with Gasteiger partial charge in [0, 0.05) is 25.1 Å². The second-order valence-corrected chi connectivity index (χ2v) is 5.41. The molecule has 0 saturated carbocycles. The Morgan fingerprint density at radius 2 is 2.25 bits per heavy atom. The molecule has 0 spiro atoms. The van der Waals surface area contributed by atoms with Crippen LogP contribution in [0.4, 0.5) is 0 Å². The van der Waals surface area contributed by atoms with Crippen LogP contribution in [-0.4, -0.2) is 29.1 Å². The van der Waals surface area contributed by atoms with Crippen LogP contribution in [0.1, 0.15) is 37.3 Å². The molecule has 1 fully saturated rings. The molecule has 1 aromatic rings. The van der Waals surface area contributed by atoms with Gasteiger partial charge >= 0.3 is 0 Å². The van der Waals surface area contributed by atoms with Crippen molar-refractivity contribution in [3.8, 4) is 11.8 Å². The molecule has 0 bridgehead atoms. The summed E-state index contributed by atoms with van der Waals surface area (Å²) in [5.41, 5.74) is 1.98. The van der Waals surface area contributed by atoms with Gasteiger partial charge in [-0.3, -0.25) is 4.79 Å². The SMILES string of the molecule is CC1CCC(=O)N(Cc2cccc(C#CCO)c2)CC1. The number of rotatable bonds is 2. The molecule has 0 aliphatic carbocycles. The fourth-order valence-corrected chi connectivity index (χ4v) is 2.45. The van der Waals surface area contributed by atoms with Crippen molar-refractivity contribution < 1.29 is 9.90 Å². The molecule has 106 valence electrons. The molecule has 3 nitrogen and oxygen atoms in total. The van der Waals surface area contributed by atoms with Crippen molar-refractivity contribution >= 4 is 5.91 Å². The minimum absolute atomic E-state index is 0.132. The van der Waals surface area contributed by atoms with Crippen LogP contribution in [0, 0.1) is 17.8 Å². The zero-order valence-electron chi connectivity index (χ0n) is 11.9. The van der Waals surface area contributed by atoms with E-state index in [0.717, 1.165) is 30.5 Å². The van der Waals surface area contributed by atoms with E-state index in [2.05, 4.69) is 18.8 Å². The van der Waals surface area contributed by atoms with Crippen LogP contribution >= 0.6 is 0 Å². The summed E-state index contributed by atoms with van der Waals surface area (Å²) in [5, 5.41) is 8.72. The fraction of sp³-hybridized carbons (Fsp3) is 0.471. The number of nitrogens with zero attached hydrogens (tertiary/aromatic N) is 1. The number of aliphatic hydroxyl groups is 1. The minimum Gasteiger partial charge on any atom is -0.384 e. The average Bonchev–Trinajstić information content (AvgIpc) is 2.61. The first-order valence-electron chi connectivity index (χ1n) is 7.15. The largest absolute Gasteiger partial charge is 0.384 e. The Morgan fingerprint density at radius 3 is 3.05 bits per heavy atom. The van der Waals surface area contributed by atoms with Crippen molar-refractivity contribution in [2.24, 2.45) is 5.92 Å². The van der Waals surface area contributed by atoms with Gasteiger partial charge in [-0.05, 0) is 36.5 Å². The van der Waals surface area contributed by atoms with Crippen LogP contribution in [0.15, 0.2) is 24.3 Å². The lowest BCUT2D eigenvalue weighted by atomic mass is 10.0. The number of amides is 1. The summed E-state index contributed by atoms with van der Waals surface area (Å²) in [7, 11) is 0. The van der Waals surface area contributed by atoms with Gasteiger partial charge < -0.3 is 10.0 Å². The molecule has 0 radical (unpaired) electrons. The Kier molecular flexibility index (Phi) is 5.20. The molecule has 1 N–H and O–H groups in total. The third kappa shape index (κ3) is 4.11. The first-order valence-corrected chi connectivity index (χ1v) is 7.15. The maximum Gasteiger partial charge on any atom is 0.222 e. The first kappa shape index (κ1) is 14.6. The summed E-state index contributed by atoms with van der Waals surface area (Å²) in [4.78, 5) is 14.0. The number of aliphatic hydroxyl groups excluding tert-OH is 1. The van der Waals surface area contributed by atoms with E-state index in [9.17, 15) is 4.79 Å². The second kappa shape index (κ2) is 7.12. The topological polar surface area (TPSA) is 40.5 Å². The van der Waals surface area contributed by atoms with Crippen LogP contribution in [0.2, 0.25) is 0 Å². The molecule has 2 rings (SSSR count). The lowest BCUT2D eigenvalue weighted by molar-refractivity contribution is -0.131. The molecule has 20 heavy (non-hydrogen) atoms. The quantitative estimate of drug-likeness (QED) is 0.838. The highest BCUT2D eigenvalue weighted by Gasteiger charge is 2.20. The van der Waals surface area contributed by atoms with Crippen LogP contribution in [0.25, 0.3) is 0 Å². The highest BCUT2D eigenvalue weighted by Crippen LogP contribution is 2.19. The van der Waals surface area contributed by atoms with Crippen molar-refractivity contribution in [2.75, 3.05) is 13.2 Å². The van der Waals surface area contributed by atoms with Crippen LogP contribution in [0.3, 0.4) is 0 Å². The van der Waals surface area contributed by atoms with E-state index in [4.69, 9.17) is 5.11 Å². The smallest absolute Gasteiger partial charge is 0.222 e. The number of likely N-dealkylation sites (tertiary alicyclic amines) is 1. The van der Waals surface area contributed by atoms with E-state index < -0.39 is 0 Å². The maximum atomic E-state index is 12.1. The summed E-state index contributed by atoms with van der Waals surface area (Å²) in [6.07, 6.45) is 2.73. The van der Waals surface area contributed by atoms with Gasteiger partial charge in [0.15, 0.2) is 0 Å². The first-order chi connectivity index (χ1) is 9.69. The van der Waals surface area contributed by atoms with E-state index in [1.807, 2.05) is 29.2 Å². The van der Waals surface area contributed by atoms with Crippen molar-refractivity contribution in [3.63, 3.8) is 0 Å². The van der Waals surface area contributed by atoms with E-state index in [0.29, 0.717) is 18.9 Å². The fourth-order valence-electron chi connectivity index (χ4n) is 2.45. The lowest BCUT2D eigenvalue weighted by Gasteiger charge is -2.20. The van der Waals surface area contributed by atoms with Crippen molar-refractivity contribution in [2.45, 2.75) is 32.7 Å². The van der Waals surface area contributed by atoms with E-state index in [-0.39, 0.29) is 12.5 Å². The van der Waals surface area contributed by atoms with Gasteiger partial charge in [0.25, 0.3) is 0 Å². The molecule has 1 atom stereocenters. The monoisotopic (exact) mass is 271 g/mol. The van der Waals surface area contributed by atoms with E-state index >= 15 is 0 Å². The van der Waals surface area contributed by atoms with Crippen molar-refractivity contribution in [3.05, 3.63) is 35.4 Å². The van der Waals surface area contributed by atoms with Gasteiger partial charge in [-0.2, -0.15) is 0 Å². The zero-order chi connectivity index (χ0) is 14.4. The molecule has 1 heterocycles. The number of benzene rings is 1. The Bertz CT molecular complexity index is 527.